The third kappa shape index (κ3) is 8.14. The van der Waals surface area contributed by atoms with E-state index in [9.17, 15) is 13.2 Å². The van der Waals surface area contributed by atoms with E-state index in [2.05, 4.69) is 10.6 Å². The Balaban J connectivity index is 1.92. The van der Waals surface area contributed by atoms with Crippen LogP contribution in [-0.4, -0.2) is 37.4 Å². The van der Waals surface area contributed by atoms with Crippen LogP contribution in [0.2, 0.25) is 0 Å². The lowest BCUT2D eigenvalue weighted by Gasteiger charge is -2.20. The minimum atomic E-state index is -3.50. The first-order chi connectivity index (χ1) is 15.5. The Morgan fingerprint density at radius 3 is 2.21 bits per heavy atom. The van der Waals surface area contributed by atoms with Crippen molar-refractivity contribution in [3.8, 4) is 0 Å². The van der Waals surface area contributed by atoms with Crippen LogP contribution in [0.3, 0.4) is 0 Å². The molecule has 0 heterocycles. The second kappa shape index (κ2) is 11.6. The summed E-state index contributed by atoms with van der Waals surface area (Å²) in [6.07, 6.45) is 0. The van der Waals surface area contributed by atoms with Crippen molar-refractivity contribution in [1.29, 1.82) is 0 Å². The number of urea groups is 1. The normalized spacial score (nSPS) is 13.1. The zero-order valence-corrected chi connectivity index (χ0v) is 21.3. The van der Waals surface area contributed by atoms with Gasteiger partial charge in [0.25, 0.3) is 0 Å². The molecule has 0 saturated heterocycles. The molecule has 33 heavy (non-hydrogen) atoms. The Hall–Kier alpha value is -2.42. The molecule has 182 valence electrons. The Morgan fingerprint density at radius 2 is 1.64 bits per heavy atom. The quantitative estimate of drug-likeness (QED) is 0.526. The van der Waals surface area contributed by atoms with Gasteiger partial charge in [0.2, 0.25) is 10.0 Å². The van der Waals surface area contributed by atoms with Gasteiger partial charge in [-0.05, 0) is 56.5 Å². The van der Waals surface area contributed by atoms with Crippen LogP contribution in [0, 0.1) is 0 Å². The van der Waals surface area contributed by atoms with E-state index in [1.807, 2.05) is 65.8 Å². The number of rotatable bonds is 10. The maximum absolute atomic E-state index is 12.6. The number of carbonyl (C=O) groups is 1. The van der Waals surface area contributed by atoms with E-state index in [0.29, 0.717) is 26.2 Å². The number of benzene rings is 2. The summed E-state index contributed by atoms with van der Waals surface area (Å²) >= 11 is 0. The highest BCUT2D eigenvalue weighted by Gasteiger charge is 2.21. The highest BCUT2D eigenvalue weighted by Crippen LogP contribution is 2.19. The topological polar surface area (TPSA) is 87.7 Å². The number of amides is 2. The number of hydrogen-bond donors (Lipinski definition) is 2. The van der Waals surface area contributed by atoms with Crippen LogP contribution in [0.25, 0.3) is 0 Å². The third-order valence-corrected chi connectivity index (χ3v) is 7.25. The third-order valence-electron chi connectivity index (χ3n) is 5.19. The summed E-state index contributed by atoms with van der Waals surface area (Å²) in [6, 6.07) is 14.0. The van der Waals surface area contributed by atoms with Crippen molar-refractivity contribution >= 4 is 16.1 Å². The van der Waals surface area contributed by atoms with Gasteiger partial charge in [0.05, 0.1) is 23.1 Å². The molecule has 0 bridgehead atoms. The molecule has 7 nitrogen and oxygen atoms in total. The lowest BCUT2D eigenvalue weighted by molar-refractivity contribution is -0.0149. The van der Waals surface area contributed by atoms with Gasteiger partial charge in [-0.1, -0.05) is 50.2 Å². The summed E-state index contributed by atoms with van der Waals surface area (Å²) in [6.45, 7) is 13.3. The van der Waals surface area contributed by atoms with Gasteiger partial charge in [0.1, 0.15) is 0 Å². The Morgan fingerprint density at radius 1 is 1.03 bits per heavy atom. The molecule has 2 N–H and O–H groups in total. The highest BCUT2D eigenvalue weighted by molar-refractivity contribution is 7.89. The van der Waals surface area contributed by atoms with Gasteiger partial charge in [-0.2, -0.15) is 4.31 Å². The molecule has 0 aromatic heterocycles. The summed E-state index contributed by atoms with van der Waals surface area (Å²) < 4.78 is 32.5. The van der Waals surface area contributed by atoms with Crippen molar-refractivity contribution in [2.75, 3.05) is 13.1 Å². The fourth-order valence-electron chi connectivity index (χ4n) is 3.28. The second-order valence-electron chi connectivity index (χ2n) is 8.93. The molecule has 0 aliphatic carbocycles. The van der Waals surface area contributed by atoms with Crippen LogP contribution in [0.4, 0.5) is 4.79 Å². The van der Waals surface area contributed by atoms with Crippen LogP contribution in [0.15, 0.2) is 53.4 Å². The van der Waals surface area contributed by atoms with E-state index in [0.717, 1.165) is 16.7 Å². The molecule has 0 aliphatic heterocycles. The zero-order valence-electron chi connectivity index (χ0n) is 20.5. The van der Waals surface area contributed by atoms with Crippen LogP contribution >= 0.6 is 0 Å². The first kappa shape index (κ1) is 26.8. The first-order valence-corrected chi connectivity index (χ1v) is 12.8. The molecule has 1 atom stereocenters. The number of carbonyl (C=O) groups excluding carboxylic acids is 1. The fraction of sp³-hybridized carbons (Fsp3) is 0.480. The monoisotopic (exact) mass is 475 g/mol. The van der Waals surface area contributed by atoms with Crippen LogP contribution in [0.1, 0.15) is 64.3 Å². The molecular formula is C25H37N3O4S. The molecule has 0 radical (unpaired) electrons. The van der Waals surface area contributed by atoms with E-state index in [1.165, 1.54) is 4.31 Å². The van der Waals surface area contributed by atoms with Gasteiger partial charge in [0.15, 0.2) is 0 Å². The second-order valence-corrected chi connectivity index (χ2v) is 10.9. The molecule has 2 rings (SSSR count). The lowest BCUT2D eigenvalue weighted by Crippen LogP contribution is -2.36. The molecule has 8 heteroatoms. The van der Waals surface area contributed by atoms with E-state index < -0.39 is 10.0 Å². The maximum atomic E-state index is 12.6. The zero-order chi connectivity index (χ0) is 24.6. The Bertz CT molecular complexity index is 1010. The number of ether oxygens (including phenoxy) is 1. The van der Waals surface area contributed by atoms with Crippen LogP contribution in [-0.2, 0) is 27.9 Å². The van der Waals surface area contributed by atoms with Crippen molar-refractivity contribution < 1.29 is 17.9 Å². The predicted octanol–water partition coefficient (Wildman–Crippen LogP) is 4.59. The number of nitrogens with one attached hydrogen (secondary N) is 2. The van der Waals surface area contributed by atoms with Crippen molar-refractivity contribution in [2.45, 2.75) is 71.2 Å². The molecule has 1 unspecified atom stereocenters. The maximum Gasteiger partial charge on any atom is 0.315 e. The minimum Gasteiger partial charge on any atom is -0.371 e. The van der Waals surface area contributed by atoms with Gasteiger partial charge < -0.3 is 15.4 Å². The Labute approximate surface area is 198 Å². The van der Waals surface area contributed by atoms with Crippen molar-refractivity contribution in [3.63, 3.8) is 0 Å². The van der Waals surface area contributed by atoms with Crippen molar-refractivity contribution in [1.82, 2.24) is 14.9 Å². The number of sulfonamides is 1. The average Bonchev–Trinajstić information content (AvgIpc) is 2.77. The van der Waals surface area contributed by atoms with Crippen molar-refractivity contribution in [3.05, 3.63) is 65.2 Å². The van der Waals surface area contributed by atoms with Crippen LogP contribution in [0.5, 0.6) is 0 Å². The summed E-state index contributed by atoms with van der Waals surface area (Å²) in [7, 11) is -3.50. The fourth-order valence-corrected chi connectivity index (χ4v) is 4.74. The first-order valence-electron chi connectivity index (χ1n) is 11.3. The summed E-state index contributed by atoms with van der Waals surface area (Å²) in [5, 5.41) is 5.77. The van der Waals surface area contributed by atoms with E-state index in [-0.39, 0.29) is 22.6 Å². The lowest BCUT2D eigenvalue weighted by atomic mass is 10.1. The average molecular weight is 476 g/mol. The van der Waals surface area contributed by atoms with Crippen LogP contribution < -0.4 is 10.6 Å². The van der Waals surface area contributed by atoms with Gasteiger partial charge in [-0.25, -0.2) is 13.2 Å². The van der Waals surface area contributed by atoms with Gasteiger partial charge in [-0.15, -0.1) is 0 Å². The van der Waals surface area contributed by atoms with Crippen molar-refractivity contribution in [2.24, 2.45) is 0 Å². The SMILES string of the molecule is CCN(CC)S(=O)(=O)c1ccc(C(C)NC(=O)NCc2cccc(COC(C)(C)C)c2)cc1. The Kier molecular flexibility index (Phi) is 9.46. The molecule has 2 amide bonds. The molecule has 0 spiro atoms. The highest BCUT2D eigenvalue weighted by atomic mass is 32.2. The molecular weight excluding hydrogens is 438 g/mol. The molecule has 0 fully saturated rings. The minimum absolute atomic E-state index is 0.210. The van der Waals surface area contributed by atoms with E-state index in [1.54, 1.807) is 24.3 Å². The molecule has 0 aliphatic rings. The number of nitrogens with zero attached hydrogens (tertiary/aromatic N) is 1. The smallest absolute Gasteiger partial charge is 0.315 e. The van der Waals surface area contributed by atoms with Gasteiger partial charge >= 0.3 is 6.03 Å². The summed E-state index contributed by atoms with van der Waals surface area (Å²) in [4.78, 5) is 12.6. The summed E-state index contributed by atoms with van der Waals surface area (Å²) in [5.41, 5.74) is 2.65. The molecule has 2 aromatic carbocycles. The largest absolute Gasteiger partial charge is 0.371 e. The molecule has 2 aromatic rings. The van der Waals surface area contributed by atoms with E-state index >= 15 is 0 Å². The number of hydrogen-bond acceptors (Lipinski definition) is 4. The van der Waals surface area contributed by atoms with Gasteiger partial charge in [-0.3, -0.25) is 0 Å². The van der Waals surface area contributed by atoms with Gasteiger partial charge in [0, 0.05) is 19.6 Å². The van der Waals surface area contributed by atoms with E-state index in [4.69, 9.17) is 4.74 Å². The molecule has 0 saturated carbocycles. The summed E-state index contributed by atoms with van der Waals surface area (Å²) in [5.74, 6) is 0. The predicted molar refractivity (Wildman–Crippen MR) is 131 cm³/mol. The standard InChI is InChI=1S/C25H37N3O4S/c1-7-28(8-2)33(30,31)23-14-12-22(13-15-23)19(3)27-24(29)26-17-20-10-9-11-21(16-20)18-32-25(4,5)6/h9-16,19H,7-8,17-18H2,1-6H3,(H2,26,27,29).